The van der Waals surface area contributed by atoms with Crippen LogP contribution < -0.4 is 5.73 Å². The molecule has 0 bridgehead atoms. The maximum Gasteiger partial charge on any atom is 0.141 e. The van der Waals surface area contributed by atoms with E-state index in [9.17, 15) is 0 Å². The van der Waals surface area contributed by atoms with Crippen molar-refractivity contribution in [2.45, 2.75) is 26.7 Å². The number of aromatic nitrogens is 2. The second kappa shape index (κ2) is 8.03. The highest BCUT2D eigenvalue weighted by Crippen LogP contribution is 2.04. The van der Waals surface area contributed by atoms with Gasteiger partial charge in [-0.2, -0.15) is 0 Å². The van der Waals surface area contributed by atoms with Gasteiger partial charge in [0.25, 0.3) is 0 Å². The topological polar surface area (TPSA) is 97.2 Å². The van der Waals surface area contributed by atoms with Gasteiger partial charge in [-0.15, -0.1) is 0 Å². The molecular formula is C17H21N5O. The number of hydrogen-bond acceptors (Lipinski definition) is 5. The van der Waals surface area contributed by atoms with Crippen LogP contribution in [0, 0.1) is 12.3 Å². The number of amidine groups is 1. The van der Waals surface area contributed by atoms with E-state index in [4.69, 9.17) is 16.0 Å². The molecule has 0 spiro atoms. The molecule has 0 aliphatic carbocycles. The Kier molecular flexibility index (Phi) is 5.80. The zero-order valence-electron chi connectivity index (χ0n) is 13.4. The molecule has 0 atom stereocenters. The van der Waals surface area contributed by atoms with Crippen molar-refractivity contribution >= 4 is 11.5 Å². The first kappa shape index (κ1) is 16.6. The molecule has 2 heterocycles. The van der Waals surface area contributed by atoms with Gasteiger partial charge < -0.3 is 10.6 Å². The monoisotopic (exact) mass is 311 g/mol. The first-order valence-corrected chi connectivity index (χ1v) is 7.47. The van der Waals surface area contributed by atoms with Crippen LogP contribution >= 0.6 is 0 Å². The van der Waals surface area contributed by atoms with Crippen LogP contribution in [0.4, 0.5) is 0 Å². The summed E-state index contributed by atoms with van der Waals surface area (Å²) in [4.78, 5) is 14.0. The van der Waals surface area contributed by atoms with E-state index in [0.717, 1.165) is 35.6 Å². The fourth-order valence-corrected chi connectivity index (χ4v) is 2.02. The Bertz CT molecular complexity index is 712. The quantitative estimate of drug-likeness (QED) is 0.355. The van der Waals surface area contributed by atoms with Crippen molar-refractivity contribution in [1.29, 1.82) is 5.41 Å². The van der Waals surface area contributed by atoms with Crippen LogP contribution in [0.15, 0.2) is 41.6 Å². The number of hydrogen-bond donors (Lipinski definition) is 2. The maximum atomic E-state index is 7.39. The predicted molar refractivity (Wildman–Crippen MR) is 90.7 cm³/mol. The number of oxime groups is 1. The largest absolute Gasteiger partial charge is 0.396 e. The molecule has 2 aromatic heterocycles. The first-order chi connectivity index (χ1) is 11.1. The zero-order chi connectivity index (χ0) is 16.7. The number of nitrogen functional groups attached to an aromatic ring is 1. The molecule has 0 unspecified atom stereocenters. The minimum absolute atomic E-state index is 0.0195. The van der Waals surface area contributed by atoms with Gasteiger partial charge in [0.2, 0.25) is 0 Å². The molecule has 23 heavy (non-hydrogen) atoms. The summed E-state index contributed by atoms with van der Waals surface area (Å²) in [5, 5.41) is 11.5. The SMILES string of the molecule is C/C(=N\OCCCc1cccc(C(=N)N)n1)c1cccc(C)n1. The molecule has 0 fully saturated rings. The minimum atomic E-state index is -0.0195. The third-order valence-corrected chi connectivity index (χ3v) is 3.21. The van der Waals surface area contributed by atoms with Crippen molar-refractivity contribution < 1.29 is 4.84 Å². The van der Waals surface area contributed by atoms with Gasteiger partial charge in [-0.3, -0.25) is 10.4 Å². The molecule has 120 valence electrons. The average molecular weight is 311 g/mol. The number of nitrogens with two attached hydrogens (primary N) is 1. The van der Waals surface area contributed by atoms with Gasteiger partial charge in [0.15, 0.2) is 0 Å². The van der Waals surface area contributed by atoms with Crippen molar-refractivity contribution in [1.82, 2.24) is 9.97 Å². The van der Waals surface area contributed by atoms with Crippen LogP contribution in [0.3, 0.4) is 0 Å². The lowest BCUT2D eigenvalue weighted by Crippen LogP contribution is -2.13. The molecule has 2 rings (SSSR count). The number of pyridine rings is 2. The average Bonchev–Trinajstić information content (AvgIpc) is 2.54. The molecule has 0 saturated carbocycles. The molecular weight excluding hydrogens is 290 g/mol. The smallest absolute Gasteiger partial charge is 0.141 e. The van der Waals surface area contributed by atoms with Gasteiger partial charge in [0, 0.05) is 11.4 Å². The standard InChI is InChI=1S/C17H21N5O/c1-12-6-3-9-15(20-12)13(2)22-23-11-5-8-14-7-4-10-16(21-14)17(18)19/h3-4,6-7,9-10H,5,8,11H2,1-2H3,(H3,18,19)/b22-13+. The highest BCUT2D eigenvalue weighted by Gasteiger charge is 2.02. The summed E-state index contributed by atoms with van der Waals surface area (Å²) in [6.45, 7) is 4.31. The normalized spacial score (nSPS) is 11.3. The van der Waals surface area contributed by atoms with Gasteiger partial charge >= 0.3 is 0 Å². The molecule has 0 radical (unpaired) electrons. The van der Waals surface area contributed by atoms with E-state index in [1.807, 2.05) is 44.2 Å². The lowest BCUT2D eigenvalue weighted by atomic mass is 10.2. The Morgan fingerprint density at radius 3 is 2.65 bits per heavy atom. The predicted octanol–water partition coefficient (Wildman–Crippen LogP) is 2.44. The Morgan fingerprint density at radius 2 is 1.91 bits per heavy atom. The Morgan fingerprint density at radius 1 is 1.17 bits per heavy atom. The zero-order valence-corrected chi connectivity index (χ0v) is 13.4. The maximum absolute atomic E-state index is 7.39. The van der Waals surface area contributed by atoms with E-state index in [1.54, 1.807) is 6.07 Å². The number of nitrogens with one attached hydrogen (secondary N) is 1. The highest BCUT2D eigenvalue weighted by molar-refractivity contribution is 5.96. The van der Waals surface area contributed by atoms with Gasteiger partial charge in [-0.25, -0.2) is 4.98 Å². The summed E-state index contributed by atoms with van der Waals surface area (Å²) in [5.74, 6) is -0.0195. The van der Waals surface area contributed by atoms with E-state index in [2.05, 4.69) is 15.1 Å². The second-order valence-corrected chi connectivity index (χ2v) is 5.21. The third kappa shape index (κ3) is 5.18. The summed E-state index contributed by atoms with van der Waals surface area (Å²) >= 11 is 0. The molecule has 0 amide bonds. The minimum Gasteiger partial charge on any atom is -0.396 e. The fourth-order valence-electron chi connectivity index (χ4n) is 2.02. The molecule has 3 N–H and O–H groups in total. The second-order valence-electron chi connectivity index (χ2n) is 5.21. The highest BCUT2D eigenvalue weighted by atomic mass is 16.6. The van der Waals surface area contributed by atoms with Crippen molar-refractivity contribution in [2.75, 3.05) is 6.61 Å². The number of rotatable bonds is 7. The molecule has 6 heteroatoms. The van der Waals surface area contributed by atoms with E-state index in [-0.39, 0.29) is 5.84 Å². The summed E-state index contributed by atoms with van der Waals surface area (Å²) in [7, 11) is 0. The third-order valence-electron chi connectivity index (χ3n) is 3.21. The number of aryl methyl sites for hydroxylation is 2. The van der Waals surface area contributed by atoms with E-state index >= 15 is 0 Å². The van der Waals surface area contributed by atoms with Gasteiger partial charge in [-0.1, -0.05) is 17.3 Å². The molecule has 0 aliphatic rings. The lowest BCUT2D eigenvalue weighted by Gasteiger charge is -2.04. The molecule has 0 aromatic carbocycles. The van der Waals surface area contributed by atoms with Crippen LogP contribution in [0.2, 0.25) is 0 Å². The first-order valence-electron chi connectivity index (χ1n) is 7.47. The molecule has 6 nitrogen and oxygen atoms in total. The number of nitrogens with zero attached hydrogens (tertiary/aromatic N) is 3. The molecule has 0 saturated heterocycles. The Labute approximate surface area is 135 Å². The fraction of sp³-hybridized carbons (Fsp3) is 0.294. The van der Waals surface area contributed by atoms with Gasteiger partial charge in [0.1, 0.15) is 23.8 Å². The summed E-state index contributed by atoms with van der Waals surface area (Å²) < 4.78 is 0. The van der Waals surface area contributed by atoms with Crippen LogP contribution in [0.25, 0.3) is 0 Å². The van der Waals surface area contributed by atoms with Crippen molar-refractivity contribution in [3.05, 3.63) is 59.2 Å². The van der Waals surface area contributed by atoms with Crippen LogP contribution in [0.5, 0.6) is 0 Å². The summed E-state index contributed by atoms with van der Waals surface area (Å²) in [6.07, 6.45) is 1.53. The van der Waals surface area contributed by atoms with E-state index < -0.39 is 0 Å². The van der Waals surface area contributed by atoms with Crippen molar-refractivity contribution in [3.8, 4) is 0 Å². The van der Waals surface area contributed by atoms with Crippen LogP contribution in [-0.2, 0) is 11.3 Å². The molecule has 0 aliphatic heterocycles. The van der Waals surface area contributed by atoms with Crippen molar-refractivity contribution in [3.63, 3.8) is 0 Å². The lowest BCUT2D eigenvalue weighted by molar-refractivity contribution is 0.141. The Hall–Kier alpha value is -2.76. The van der Waals surface area contributed by atoms with Crippen LogP contribution in [0.1, 0.15) is 36.1 Å². The van der Waals surface area contributed by atoms with E-state index in [1.165, 1.54) is 0 Å². The Balaban J connectivity index is 1.80. The summed E-state index contributed by atoms with van der Waals surface area (Å²) in [5.41, 5.74) is 9.35. The van der Waals surface area contributed by atoms with Gasteiger partial charge in [0.05, 0.1) is 5.69 Å². The molecule has 2 aromatic rings. The van der Waals surface area contributed by atoms with Crippen molar-refractivity contribution in [2.24, 2.45) is 10.9 Å². The summed E-state index contributed by atoms with van der Waals surface area (Å²) in [6, 6.07) is 11.3. The van der Waals surface area contributed by atoms with Crippen LogP contribution in [-0.4, -0.2) is 28.1 Å². The van der Waals surface area contributed by atoms with E-state index in [0.29, 0.717) is 12.3 Å². The van der Waals surface area contributed by atoms with Gasteiger partial charge in [-0.05, 0) is 51.0 Å².